The molecule has 0 saturated carbocycles. The highest BCUT2D eigenvalue weighted by molar-refractivity contribution is 7.07. The van der Waals surface area contributed by atoms with Crippen LogP contribution in [0.3, 0.4) is 0 Å². The summed E-state index contributed by atoms with van der Waals surface area (Å²) in [6, 6.07) is 13.1. The first-order valence-electron chi connectivity index (χ1n) is 7.46. The van der Waals surface area contributed by atoms with E-state index in [1.54, 1.807) is 42.5 Å². The number of nitro benzene ring substituents is 1. The van der Waals surface area contributed by atoms with E-state index in [-0.39, 0.29) is 11.4 Å². The average molecular weight is 353 g/mol. The lowest BCUT2D eigenvalue weighted by Crippen LogP contribution is -2.14. The number of non-ortho nitro benzene ring substituents is 1. The van der Waals surface area contributed by atoms with Gasteiger partial charge in [0.2, 0.25) is 0 Å². The molecule has 3 aromatic rings. The molecule has 0 bridgehead atoms. The monoisotopic (exact) mass is 353 g/mol. The molecule has 3 rings (SSSR count). The summed E-state index contributed by atoms with van der Waals surface area (Å²) in [5.74, 6) is 0.182. The number of benzene rings is 2. The molecule has 2 aromatic carbocycles. The molecule has 0 atom stereocenters. The molecule has 25 heavy (non-hydrogen) atoms. The Kier molecular flexibility index (Phi) is 4.76. The number of nitrogens with zero attached hydrogens (tertiary/aromatic N) is 3. The lowest BCUT2D eigenvalue weighted by molar-refractivity contribution is -0.384. The second-order valence-corrected chi connectivity index (χ2v) is 6.07. The van der Waals surface area contributed by atoms with Crippen molar-refractivity contribution in [1.82, 2.24) is 4.57 Å². The molecule has 0 aliphatic heterocycles. The van der Waals surface area contributed by atoms with Crippen LogP contribution in [0.5, 0.6) is 5.75 Å². The fourth-order valence-corrected chi connectivity index (χ4v) is 3.31. The Balaban J connectivity index is 2.11. The van der Waals surface area contributed by atoms with Gasteiger partial charge in [-0.25, -0.2) is 4.99 Å². The van der Waals surface area contributed by atoms with Crippen LogP contribution in [0.15, 0.2) is 71.6 Å². The van der Waals surface area contributed by atoms with Gasteiger partial charge in [0.25, 0.3) is 5.69 Å². The number of phenolic OH excluding ortho intramolecular Hbond substituents is 1. The van der Waals surface area contributed by atoms with Crippen LogP contribution in [-0.4, -0.2) is 14.6 Å². The van der Waals surface area contributed by atoms with Crippen molar-refractivity contribution in [2.24, 2.45) is 4.99 Å². The van der Waals surface area contributed by atoms with Crippen molar-refractivity contribution in [3.8, 4) is 17.0 Å². The maximum atomic E-state index is 11.0. The fourth-order valence-electron chi connectivity index (χ4n) is 2.37. The standard InChI is InChI=1S/C18H15N3O3S/c1-2-10-20-17(13-4-3-5-15(11-13)21(23)24)12-25-18(20)19-14-6-8-16(22)9-7-14/h2-9,11-12,22H,1,10H2. The van der Waals surface area contributed by atoms with Crippen LogP contribution in [0, 0.1) is 10.1 Å². The Hall–Kier alpha value is -3.19. The number of hydrogen-bond acceptors (Lipinski definition) is 5. The minimum atomic E-state index is -0.407. The van der Waals surface area contributed by atoms with E-state index in [1.807, 2.05) is 16.0 Å². The van der Waals surface area contributed by atoms with E-state index in [1.165, 1.54) is 17.4 Å². The minimum absolute atomic E-state index is 0.0471. The number of allylic oxidation sites excluding steroid dienone is 1. The molecule has 0 aliphatic carbocycles. The van der Waals surface area contributed by atoms with Gasteiger partial charge in [-0.3, -0.25) is 10.1 Å². The molecule has 1 aromatic heterocycles. The summed E-state index contributed by atoms with van der Waals surface area (Å²) in [6.45, 7) is 4.30. The number of phenols is 1. The zero-order chi connectivity index (χ0) is 17.8. The first-order chi connectivity index (χ1) is 12.1. The zero-order valence-electron chi connectivity index (χ0n) is 13.2. The maximum Gasteiger partial charge on any atom is 0.270 e. The van der Waals surface area contributed by atoms with Crippen LogP contribution in [0.4, 0.5) is 11.4 Å². The summed E-state index contributed by atoms with van der Waals surface area (Å²) in [5.41, 5.74) is 2.35. The third-order valence-electron chi connectivity index (χ3n) is 3.54. The van der Waals surface area contributed by atoms with Gasteiger partial charge in [0.15, 0.2) is 4.80 Å². The Morgan fingerprint density at radius 3 is 2.72 bits per heavy atom. The minimum Gasteiger partial charge on any atom is -0.508 e. The van der Waals surface area contributed by atoms with Gasteiger partial charge in [0.05, 0.1) is 16.3 Å². The first kappa shape index (κ1) is 16.7. The van der Waals surface area contributed by atoms with Crippen LogP contribution < -0.4 is 4.80 Å². The Morgan fingerprint density at radius 1 is 1.28 bits per heavy atom. The van der Waals surface area contributed by atoms with Gasteiger partial charge in [0.1, 0.15) is 5.75 Å². The molecule has 0 aliphatic rings. The van der Waals surface area contributed by atoms with Crippen molar-refractivity contribution in [2.45, 2.75) is 6.54 Å². The van der Waals surface area contributed by atoms with Crippen LogP contribution in [0.25, 0.3) is 11.3 Å². The lowest BCUT2D eigenvalue weighted by Gasteiger charge is -2.06. The van der Waals surface area contributed by atoms with Crippen molar-refractivity contribution in [3.63, 3.8) is 0 Å². The third kappa shape index (κ3) is 3.67. The normalized spacial score (nSPS) is 11.4. The number of aromatic nitrogens is 1. The quantitative estimate of drug-likeness (QED) is 0.423. The average Bonchev–Trinajstić information content (AvgIpc) is 3.00. The molecule has 0 unspecified atom stereocenters. The highest BCUT2D eigenvalue weighted by atomic mass is 32.1. The van der Waals surface area contributed by atoms with Crippen molar-refractivity contribution in [3.05, 3.63) is 81.5 Å². The summed E-state index contributed by atoms with van der Waals surface area (Å²) in [7, 11) is 0. The van der Waals surface area contributed by atoms with Crippen molar-refractivity contribution in [1.29, 1.82) is 0 Å². The van der Waals surface area contributed by atoms with E-state index in [0.29, 0.717) is 12.2 Å². The largest absolute Gasteiger partial charge is 0.508 e. The molecular formula is C18H15N3O3S. The van der Waals surface area contributed by atoms with Crippen molar-refractivity contribution < 1.29 is 10.0 Å². The molecule has 126 valence electrons. The maximum absolute atomic E-state index is 11.0. The second-order valence-electron chi connectivity index (χ2n) is 5.24. The molecule has 0 radical (unpaired) electrons. The van der Waals surface area contributed by atoms with Gasteiger partial charge in [-0.05, 0) is 24.3 Å². The van der Waals surface area contributed by atoms with Gasteiger partial charge in [-0.1, -0.05) is 18.2 Å². The highest BCUT2D eigenvalue weighted by Crippen LogP contribution is 2.25. The molecule has 0 spiro atoms. The summed E-state index contributed by atoms with van der Waals surface area (Å²) < 4.78 is 1.95. The topological polar surface area (TPSA) is 80.7 Å². The molecule has 0 fully saturated rings. The summed E-state index contributed by atoms with van der Waals surface area (Å²) in [5, 5.41) is 22.3. The predicted molar refractivity (Wildman–Crippen MR) is 97.9 cm³/mol. The van der Waals surface area contributed by atoms with E-state index in [9.17, 15) is 15.2 Å². The van der Waals surface area contributed by atoms with E-state index < -0.39 is 4.92 Å². The van der Waals surface area contributed by atoms with Crippen molar-refractivity contribution >= 4 is 22.7 Å². The van der Waals surface area contributed by atoms with E-state index >= 15 is 0 Å². The second kappa shape index (κ2) is 7.14. The van der Waals surface area contributed by atoms with E-state index in [2.05, 4.69) is 11.6 Å². The van der Waals surface area contributed by atoms with Crippen LogP contribution >= 0.6 is 11.3 Å². The molecule has 1 heterocycles. The van der Waals surface area contributed by atoms with E-state index in [0.717, 1.165) is 16.1 Å². The number of rotatable bonds is 5. The number of thiazole rings is 1. The molecule has 7 heteroatoms. The van der Waals surface area contributed by atoms with E-state index in [4.69, 9.17) is 0 Å². The van der Waals surface area contributed by atoms with Gasteiger partial charge in [-0.15, -0.1) is 17.9 Å². The van der Waals surface area contributed by atoms with Gasteiger partial charge >= 0.3 is 0 Å². The predicted octanol–water partition coefficient (Wildman–Crippen LogP) is 4.25. The zero-order valence-corrected chi connectivity index (χ0v) is 14.0. The van der Waals surface area contributed by atoms with Crippen LogP contribution in [-0.2, 0) is 6.54 Å². The van der Waals surface area contributed by atoms with Gasteiger partial charge < -0.3 is 9.67 Å². The number of hydrogen-bond donors (Lipinski definition) is 1. The Morgan fingerprint density at radius 2 is 2.04 bits per heavy atom. The molecule has 1 N–H and O–H groups in total. The SMILES string of the molecule is C=CCn1c(-c2cccc([N+](=O)[O-])c2)csc1=Nc1ccc(O)cc1. The number of nitro groups is 1. The molecule has 0 saturated heterocycles. The molecular weight excluding hydrogens is 338 g/mol. The van der Waals surface area contributed by atoms with Crippen LogP contribution in [0.2, 0.25) is 0 Å². The third-order valence-corrected chi connectivity index (χ3v) is 4.40. The fraction of sp³-hybridized carbons (Fsp3) is 0.0556. The smallest absolute Gasteiger partial charge is 0.270 e. The summed E-state index contributed by atoms with van der Waals surface area (Å²) >= 11 is 1.44. The first-order valence-corrected chi connectivity index (χ1v) is 8.34. The van der Waals surface area contributed by atoms with Gasteiger partial charge in [0, 0.05) is 29.6 Å². The summed E-state index contributed by atoms with van der Waals surface area (Å²) in [6.07, 6.45) is 1.75. The Labute approximate surface area is 147 Å². The Bertz CT molecular complexity index is 987. The highest BCUT2D eigenvalue weighted by Gasteiger charge is 2.11. The summed E-state index contributed by atoms with van der Waals surface area (Å²) in [4.78, 5) is 15.9. The molecule has 6 nitrogen and oxygen atoms in total. The lowest BCUT2D eigenvalue weighted by atomic mass is 10.1. The van der Waals surface area contributed by atoms with Crippen molar-refractivity contribution in [2.75, 3.05) is 0 Å². The molecule has 0 amide bonds. The van der Waals surface area contributed by atoms with Gasteiger partial charge in [-0.2, -0.15) is 0 Å². The number of aromatic hydroxyl groups is 1. The van der Waals surface area contributed by atoms with Crippen LogP contribution in [0.1, 0.15) is 0 Å².